The number of amides is 2. The molecule has 160 valence electrons. The summed E-state index contributed by atoms with van der Waals surface area (Å²) in [6.45, 7) is 5.68. The quantitative estimate of drug-likeness (QED) is 0.694. The number of rotatable bonds is 5. The van der Waals surface area contributed by atoms with Crippen molar-refractivity contribution in [3.05, 3.63) is 77.5 Å². The van der Waals surface area contributed by atoms with Gasteiger partial charge in [-0.05, 0) is 31.5 Å². The van der Waals surface area contributed by atoms with Crippen molar-refractivity contribution >= 4 is 22.7 Å². The van der Waals surface area contributed by atoms with Crippen molar-refractivity contribution in [3.63, 3.8) is 0 Å². The Morgan fingerprint density at radius 3 is 2.74 bits per heavy atom. The summed E-state index contributed by atoms with van der Waals surface area (Å²) in [4.78, 5) is 33.8. The second-order valence-electron chi connectivity index (χ2n) is 8.31. The summed E-state index contributed by atoms with van der Waals surface area (Å²) in [6.07, 6.45) is 0. The maximum atomic E-state index is 12.8. The van der Waals surface area contributed by atoms with E-state index in [1.807, 2.05) is 50.4 Å². The zero-order valence-electron chi connectivity index (χ0n) is 18.2. The lowest BCUT2D eigenvalue weighted by atomic mass is 10.0. The predicted octanol–water partition coefficient (Wildman–Crippen LogP) is 3.00. The van der Waals surface area contributed by atoms with Crippen LogP contribution in [0.3, 0.4) is 0 Å². The first-order chi connectivity index (χ1) is 14.9. The first-order valence-electron chi connectivity index (χ1n) is 10.6. The highest BCUT2D eigenvalue weighted by Gasteiger charge is 2.36. The molecule has 0 unspecified atom stereocenters. The van der Waals surface area contributed by atoms with E-state index >= 15 is 0 Å². The molecule has 1 fully saturated rings. The van der Waals surface area contributed by atoms with E-state index < -0.39 is 0 Å². The molecule has 1 N–H and O–H groups in total. The van der Waals surface area contributed by atoms with Gasteiger partial charge >= 0.3 is 0 Å². The Bertz CT molecular complexity index is 1110. The van der Waals surface area contributed by atoms with Crippen LogP contribution < -0.4 is 5.32 Å². The van der Waals surface area contributed by atoms with Crippen molar-refractivity contribution < 1.29 is 9.59 Å². The number of aromatic nitrogens is 1. The van der Waals surface area contributed by atoms with Gasteiger partial charge in [-0.2, -0.15) is 0 Å². The molecule has 6 heteroatoms. The van der Waals surface area contributed by atoms with E-state index in [4.69, 9.17) is 0 Å². The van der Waals surface area contributed by atoms with E-state index in [0.717, 1.165) is 16.5 Å². The van der Waals surface area contributed by atoms with Crippen molar-refractivity contribution in [3.8, 4) is 0 Å². The monoisotopic (exact) mass is 416 g/mol. The zero-order chi connectivity index (χ0) is 22.0. The zero-order valence-corrected chi connectivity index (χ0v) is 18.2. The van der Waals surface area contributed by atoms with E-state index in [-0.39, 0.29) is 23.9 Å². The van der Waals surface area contributed by atoms with Crippen LogP contribution in [-0.2, 0) is 11.3 Å². The van der Waals surface area contributed by atoms with Crippen LogP contribution in [0.15, 0.2) is 60.7 Å². The standard InChI is InChI=1S/C25H28N4O2/c1-17-7-6-8-19(13-17)15-29-18(2)25(31)28(3)16-21(29)14-26-24(30)23-12-11-20-9-4-5-10-22(20)27-23/h4-13,18,21H,14-16H2,1-3H3,(H,26,30)/t18-,21+/m0/s1. The number of para-hydroxylation sites is 1. The molecule has 6 nitrogen and oxygen atoms in total. The molecule has 2 atom stereocenters. The van der Waals surface area contributed by atoms with Gasteiger partial charge in [-0.25, -0.2) is 4.98 Å². The van der Waals surface area contributed by atoms with Gasteiger partial charge < -0.3 is 10.2 Å². The minimum Gasteiger partial charge on any atom is -0.349 e. The van der Waals surface area contributed by atoms with Crippen LogP contribution >= 0.6 is 0 Å². The molecule has 0 bridgehead atoms. The molecular weight excluding hydrogens is 388 g/mol. The normalized spacial score (nSPS) is 19.6. The molecule has 2 amide bonds. The minimum atomic E-state index is -0.250. The van der Waals surface area contributed by atoms with Crippen LogP contribution in [0.5, 0.6) is 0 Å². The van der Waals surface area contributed by atoms with Crippen LogP contribution in [0.25, 0.3) is 10.9 Å². The minimum absolute atomic E-state index is 0.0163. The van der Waals surface area contributed by atoms with Gasteiger partial charge in [0, 0.05) is 38.1 Å². The van der Waals surface area contributed by atoms with Crippen molar-refractivity contribution in [2.75, 3.05) is 20.1 Å². The molecule has 0 spiro atoms. The first kappa shape index (κ1) is 21.0. The summed E-state index contributed by atoms with van der Waals surface area (Å²) in [7, 11) is 1.82. The van der Waals surface area contributed by atoms with Gasteiger partial charge in [-0.3, -0.25) is 14.5 Å². The SMILES string of the molecule is Cc1cccc(CN2[C@H](CNC(=O)c3ccc4ccccc4n3)CN(C)C(=O)[C@@H]2C)c1. The maximum Gasteiger partial charge on any atom is 0.269 e. The molecule has 1 aromatic heterocycles. The molecule has 2 heterocycles. The van der Waals surface area contributed by atoms with E-state index in [1.54, 1.807) is 11.0 Å². The number of carbonyl (C=O) groups is 2. The number of fused-ring (bicyclic) bond motifs is 1. The van der Waals surface area contributed by atoms with Crippen molar-refractivity contribution in [1.82, 2.24) is 20.1 Å². The maximum absolute atomic E-state index is 12.8. The Kier molecular flexibility index (Phi) is 6.00. The summed E-state index contributed by atoms with van der Waals surface area (Å²) in [5.41, 5.74) is 3.56. The van der Waals surface area contributed by atoms with Crippen LogP contribution in [-0.4, -0.2) is 58.8 Å². The van der Waals surface area contributed by atoms with Gasteiger partial charge in [0.05, 0.1) is 11.6 Å². The smallest absolute Gasteiger partial charge is 0.269 e. The second-order valence-corrected chi connectivity index (χ2v) is 8.31. The van der Waals surface area contributed by atoms with Crippen LogP contribution in [0.4, 0.5) is 0 Å². The number of nitrogens with one attached hydrogen (secondary N) is 1. The molecule has 2 aromatic carbocycles. The summed E-state index contributed by atoms with van der Waals surface area (Å²) >= 11 is 0. The molecular formula is C25H28N4O2. The number of hydrogen-bond acceptors (Lipinski definition) is 4. The molecule has 3 aromatic rings. The molecule has 1 saturated heterocycles. The first-order valence-corrected chi connectivity index (χ1v) is 10.6. The lowest BCUT2D eigenvalue weighted by molar-refractivity contribution is -0.142. The predicted molar refractivity (Wildman–Crippen MR) is 122 cm³/mol. The van der Waals surface area contributed by atoms with E-state index in [9.17, 15) is 9.59 Å². The average molecular weight is 417 g/mol. The van der Waals surface area contributed by atoms with Gasteiger partial charge in [0.25, 0.3) is 5.91 Å². The lowest BCUT2D eigenvalue weighted by Crippen LogP contribution is -2.62. The Morgan fingerprint density at radius 1 is 1.13 bits per heavy atom. The van der Waals surface area contributed by atoms with Crippen LogP contribution in [0.2, 0.25) is 0 Å². The van der Waals surface area contributed by atoms with Gasteiger partial charge in [0.15, 0.2) is 0 Å². The average Bonchev–Trinajstić information content (AvgIpc) is 2.78. The Balaban J connectivity index is 1.49. The lowest BCUT2D eigenvalue weighted by Gasteiger charge is -2.44. The Hall–Kier alpha value is -3.25. The molecule has 1 aliphatic heterocycles. The summed E-state index contributed by atoms with van der Waals surface area (Å²) in [5.74, 6) is -0.0973. The molecule has 0 radical (unpaired) electrons. The number of pyridine rings is 1. The third-order valence-electron chi connectivity index (χ3n) is 5.96. The van der Waals surface area contributed by atoms with E-state index in [2.05, 4.69) is 40.3 Å². The summed E-state index contributed by atoms with van der Waals surface area (Å²) in [5, 5.41) is 4.04. The summed E-state index contributed by atoms with van der Waals surface area (Å²) < 4.78 is 0. The molecule has 4 rings (SSSR count). The number of likely N-dealkylation sites (N-methyl/N-ethyl adjacent to an activating group) is 1. The number of carbonyl (C=O) groups excluding carboxylic acids is 2. The van der Waals surface area contributed by atoms with Crippen LogP contribution in [0.1, 0.15) is 28.5 Å². The summed E-state index contributed by atoms with van der Waals surface area (Å²) in [6, 6.07) is 19.5. The van der Waals surface area contributed by atoms with Gasteiger partial charge in [0.2, 0.25) is 5.91 Å². The molecule has 0 saturated carbocycles. The highest BCUT2D eigenvalue weighted by molar-refractivity contribution is 5.94. The fraction of sp³-hybridized carbons (Fsp3) is 0.320. The fourth-order valence-electron chi connectivity index (χ4n) is 4.25. The van der Waals surface area contributed by atoms with Crippen molar-refractivity contribution in [1.29, 1.82) is 0 Å². The topological polar surface area (TPSA) is 65.5 Å². The van der Waals surface area contributed by atoms with Crippen LogP contribution in [0, 0.1) is 6.92 Å². The largest absolute Gasteiger partial charge is 0.349 e. The Labute approximate surface area is 182 Å². The van der Waals surface area contributed by atoms with Gasteiger partial charge in [-0.15, -0.1) is 0 Å². The third kappa shape index (κ3) is 4.59. The van der Waals surface area contributed by atoms with Crippen molar-refractivity contribution in [2.24, 2.45) is 0 Å². The van der Waals surface area contributed by atoms with Gasteiger partial charge in [0.1, 0.15) is 5.69 Å². The number of piperazine rings is 1. The van der Waals surface area contributed by atoms with Crippen molar-refractivity contribution in [2.45, 2.75) is 32.5 Å². The Morgan fingerprint density at radius 2 is 1.94 bits per heavy atom. The van der Waals surface area contributed by atoms with Gasteiger partial charge in [-0.1, -0.05) is 54.1 Å². The fourth-order valence-corrected chi connectivity index (χ4v) is 4.25. The van der Waals surface area contributed by atoms with E-state index in [1.165, 1.54) is 5.56 Å². The highest BCUT2D eigenvalue weighted by atomic mass is 16.2. The second kappa shape index (κ2) is 8.86. The number of hydrogen-bond donors (Lipinski definition) is 1. The number of benzene rings is 2. The molecule has 0 aliphatic carbocycles. The molecule has 1 aliphatic rings. The number of nitrogens with zero attached hydrogens (tertiary/aromatic N) is 3. The highest BCUT2D eigenvalue weighted by Crippen LogP contribution is 2.20. The number of aryl methyl sites for hydroxylation is 1. The molecule has 31 heavy (non-hydrogen) atoms. The third-order valence-corrected chi connectivity index (χ3v) is 5.96. The van der Waals surface area contributed by atoms with E-state index in [0.29, 0.717) is 25.3 Å².